The summed E-state index contributed by atoms with van der Waals surface area (Å²) in [4.78, 5) is 25.6. The first-order valence-corrected chi connectivity index (χ1v) is 6.67. The number of hydrogen-bond acceptors (Lipinski definition) is 3. The van der Waals surface area contributed by atoms with E-state index in [0.717, 1.165) is 31.6 Å². The summed E-state index contributed by atoms with van der Waals surface area (Å²) in [6.45, 7) is 5.68. The predicted molar refractivity (Wildman–Crippen MR) is 70.8 cm³/mol. The van der Waals surface area contributed by atoms with Gasteiger partial charge in [-0.05, 0) is 26.7 Å². The van der Waals surface area contributed by atoms with Crippen LogP contribution in [0, 0.1) is 13.8 Å². The minimum absolute atomic E-state index is 0.124. The highest BCUT2D eigenvalue weighted by atomic mass is 16.2. The van der Waals surface area contributed by atoms with Crippen molar-refractivity contribution >= 4 is 11.8 Å². The van der Waals surface area contributed by atoms with Crippen LogP contribution < -0.4 is 5.32 Å². The van der Waals surface area contributed by atoms with E-state index in [2.05, 4.69) is 15.5 Å². The molecule has 0 bridgehead atoms. The number of H-pyrrole nitrogens is 1. The molecule has 1 saturated heterocycles. The number of amides is 2. The van der Waals surface area contributed by atoms with E-state index in [0.29, 0.717) is 24.2 Å². The van der Waals surface area contributed by atoms with Gasteiger partial charge >= 0.3 is 0 Å². The van der Waals surface area contributed by atoms with Gasteiger partial charge in [0.2, 0.25) is 5.91 Å². The maximum absolute atomic E-state index is 12.0. The second kappa shape index (κ2) is 5.86. The van der Waals surface area contributed by atoms with E-state index in [-0.39, 0.29) is 11.8 Å². The normalized spacial score (nSPS) is 14.7. The van der Waals surface area contributed by atoms with E-state index in [9.17, 15) is 9.59 Å². The van der Waals surface area contributed by atoms with Gasteiger partial charge in [-0.25, -0.2) is 0 Å². The third-order valence-electron chi connectivity index (χ3n) is 3.44. The molecule has 2 rings (SSSR count). The van der Waals surface area contributed by atoms with Gasteiger partial charge in [0.05, 0.1) is 11.3 Å². The summed E-state index contributed by atoms with van der Waals surface area (Å²) in [7, 11) is 0. The maximum atomic E-state index is 12.0. The molecule has 2 heterocycles. The van der Waals surface area contributed by atoms with E-state index in [1.54, 1.807) is 6.92 Å². The molecule has 0 radical (unpaired) electrons. The van der Waals surface area contributed by atoms with Crippen molar-refractivity contribution in [2.24, 2.45) is 0 Å². The van der Waals surface area contributed by atoms with Crippen LogP contribution in [0.5, 0.6) is 0 Å². The SMILES string of the molecule is Cc1n[nH]c(C)c1C(=O)NCCC(=O)N1CCCC1. The number of aromatic amines is 1. The first-order valence-electron chi connectivity index (χ1n) is 6.67. The van der Waals surface area contributed by atoms with E-state index in [4.69, 9.17) is 0 Å². The lowest BCUT2D eigenvalue weighted by Crippen LogP contribution is -2.33. The lowest BCUT2D eigenvalue weighted by atomic mass is 10.2. The molecule has 0 aliphatic carbocycles. The molecule has 1 fully saturated rings. The fourth-order valence-corrected chi connectivity index (χ4v) is 2.38. The van der Waals surface area contributed by atoms with Gasteiger partial charge in [0.25, 0.3) is 5.91 Å². The van der Waals surface area contributed by atoms with Crippen LogP contribution in [-0.2, 0) is 4.79 Å². The summed E-state index contributed by atoms with van der Waals surface area (Å²) in [5.74, 6) is -0.0450. The van der Waals surface area contributed by atoms with Gasteiger partial charge in [-0.3, -0.25) is 14.7 Å². The number of carbonyl (C=O) groups excluding carboxylic acids is 2. The van der Waals surface area contributed by atoms with E-state index in [1.807, 2.05) is 11.8 Å². The first kappa shape index (κ1) is 13.6. The third-order valence-corrected chi connectivity index (χ3v) is 3.44. The van der Waals surface area contributed by atoms with Crippen molar-refractivity contribution in [3.63, 3.8) is 0 Å². The van der Waals surface area contributed by atoms with Gasteiger partial charge in [0, 0.05) is 31.7 Å². The highest BCUT2D eigenvalue weighted by Gasteiger charge is 2.18. The Hall–Kier alpha value is -1.85. The van der Waals surface area contributed by atoms with Crippen LogP contribution in [0.4, 0.5) is 0 Å². The summed E-state index contributed by atoms with van der Waals surface area (Å²) in [6, 6.07) is 0. The zero-order valence-corrected chi connectivity index (χ0v) is 11.5. The first-order chi connectivity index (χ1) is 9.09. The van der Waals surface area contributed by atoms with Gasteiger partial charge in [-0.1, -0.05) is 0 Å². The number of nitrogens with one attached hydrogen (secondary N) is 2. The number of carbonyl (C=O) groups is 2. The zero-order chi connectivity index (χ0) is 13.8. The standard InChI is InChI=1S/C13H20N4O2/c1-9-12(10(2)16-15-9)13(19)14-6-5-11(18)17-7-3-4-8-17/h3-8H2,1-2H3,(H,14,19)(H,15,16). The lowest BCUT2D eigenvalue weighted by Gasteiger charge is -2.15. The van der Waals surface area contributed by atoms with Crippen LogP contribution in [0.1, 0.15) is 41.0 Å². The van der Waals surface area contributed by atoms with Crippen molar-refractivity contribution in [3.8, 4) is 0 Å². The average Bonchev–Trinajstić information content (AvgIpc) is 2.99. The summed E-state index contributed by atoms with van der Waals surface area (Å²) in [5.41, 5.74) is 2.01. The van der Waals surface area contributed by atoms with Crippen LogP contribution in [0.15, 0.2) is 0 Å². The smallest absolute Gasteiger partial charge is 0.255 e. The molecule has 0 unspecified atom stereocenters. The second-order valence-electron chi connectivity index (χ2n) is 4.90. The van der Waals surface area contributed by atoms with Crippen molar-refractivity contribution in [1.82, 2.24) is 20.4 Å². The van der Waals surface area contributed by atoms with Gasteiger partial charge in [-0.15, -0.1) is 0 Å². The second-order valence-corrected chi connectivity index (χ2v) is 4.90. The molecule has 0 saturated carbocycles. The van der Waals surface area contributed by atoms with Crippen molar-refractivity contribution in [1.29, 1.82) is 0 Å². The van der Waals surface area contributed by atoms with Crippen LogP contribution >= 0.6 is 0 Å². The quantitative estimate of drug-likeness (QED) is 0.843. The number of likely N-dealkylation sites (tertiary alicyclic amines) is 1. The minimum Gasteiger partial charge on any atom is -0.351 e. The summed E-state index contributed by atoms with van der Waals surface area (Å²) >= 11 is 0. The predicted octanol–water partition coefficient (Wildman–Crippen LogP) is 0.769. The zero-order valence-electron chi connectivity index (χ0n) is 11.5. The highest BCUT2D eigenvalue weighted by molar-refractivity contribution is 5.96. The Balaban J connectivity index is 1.79. The van der Waals surface area contributed by atoms with Crippen LogP contribution in [0.3, 0.4) is 0 Å². The molecule has 0 atom stereocenters. The molecule has 1 aliphatic rings. The molecule has 6 heteroatoms. The topological polar surface area (TPSA) is 78.1 Å². The molecule has 1 aromatic rings. The van der Waals surface area contributed by atoms with E-state index < -0.39 is 0 Å². The van der Waals surface area contributed by atoms with Crippen LogP contribution in [-0.4, -0.2) is 46.5 Å². The fraction of sp³-hybridized carbons (Fsp3) is 0.615. The van der Waals surface area contributed by atoms with E-state index in [1.165, 1.54) is 0 Å². The van der Waals surface area contributed by atoms with Gasteiger partial charge < -0.3 is 10.2 Å². The van der Waals surface area contributed by atoms with Crippen molar-refractivity contribution in [2.75, 3.05) is 19.6 Å². The minimum atomic E-state index is -0.169. The monoisotopic (exact) mass is 264 g/mol. The number of aryl methyl sites for hydroxylation is 2. The summed E-state index contributed by atoms with van der Waals surface area (Å²) < 4.78 is 0. The Morgan fingerprint density at radius 3 is 2.58 bits per heavy atom. The molecule has 1 aromatic heterocycles. The van der Waals surface area contributed by atoms with Crippen molar-refractivity contribution in [2.45, 2.75) is 33.1 Å². The number of hydrogen-bond donors (Lipinski definition) is 2. The molecular weight excluding hydrogens is 244 g/mol. The summed E-state index contributed by atoms with van der Waals surface area (Å²) in [5, 5.41) is 9.53. The molecular formula is C13H20N4O2. The molecule has 2 amide bonds. The number of rotatable bonds is 4. The summed E-state index contributed by atoms with van der Waals surface area (Å²) in [6.07, 6.45) is 2.54. The molecule has 6 nitrogen and oxygen atoms in total. The average molecular weight is 264 g/mol. The Morgan fingerprint density at radius 2 is 2.00 bits per heavy atom. The number of aromatic nitrogens is 2. The largest absolute Gasteiger partial charge is 0.351 e. The lowest BCUT2D eigenvalue weighted by molar-refractivity contribution is -0.129. The van der Waals surface area contributed by atoms with Crippen LogP contribution in [0.2, 0.25) is 0 Å². The Bertz CT molecular complexity index is 455. The van der Waals surface area contributed by atoms with Gasteiger partial charge in [-0.2, -0.15) is 5.10 Å². The number of nitrogens with zero attached hydrogens (tertiary/aromatic N) is 2. The maximum Gasteiger partial charge on any atom is 0.255 e. The van der Waals surface area contributed by atoms with E-state index >= 15 is 0 Å². The molecule has 2 N–H and O–H groups in total. The van der Waals surface area contributed by atoms with Crippen molar-refractivity contribution in [3.05, 3.63) is 17.0 Å². The Morgan fingerprint density at radius 1 is 1.32 bits per heavy atom. The third kappa shape index (κ3) is 3.13. The molecule has 0 aromatic carbocycles. The van der Waals surface area contributed by atoms with Gasteiger partial charge in [0.1, 0.15) is 0 Å². The Kier molecular flexibility index (Phi) is 4.19. The molecule has 0 spiro atoms. The molecule has 104 valence electrons. The van der Waals surface area contributed by atoms with Crippen molar-refractivity contribution < 1.29 is 9.59 Å². The van der Waals surface area contributed by atoms with Crippen LogP contribution in [0.25, 0.3) is 0 Å². The Labute approximate surface area is 112 Å². The van der Waals surface area contributed by atoms with Gasteiger partial charge in [0.15, 0.2) is 0 Å². The highest BCUT2D eigenvalue weighted by Crippen LogP contribution is 2.10. The molecule has 19 heavy (non-hydrogen) atoms. The fourth-order valence-electron chi connectivity index (χ4n) is 2.38. The molecule has 1 aliphatic heterocycles.